The fourth-order valence-electron chi connectivity index (χ4n) is 3.79. The van der Waals surface area contributed by atoms with E-state index in [-0.39, 0.29) is 12.4 Å². The van der Waals surface area contributed by atoms with Crippen LogP contribution in [0.25, 0.3) is 32.4 Å². The van der Waals surface area contributed by atoms with Gasteiger partial charge in [0.05, 0.1) is 0 Å². The third kappa shape index (κ3) is 2.71. The van der Waals surface area contributed by atoms with Crippen LogP contribution in [0.2, 0.25) is 0 Å². The first-order chi connectivity index (χ1) is 12.4. The summed E-state index contributed by atoms with van der Waals surface area (Å²) in [7, 11) is 0. The van der Waals surface area contributed by atoms with Crippen LogP contribution in [0.3, 0.4) is 0 Å². The van der Waals surface area contributed by atoms with E-state index in [1.165, 1.54) is 38.0 Å². The number of rotatable bonds is 2. The largest absolute Gasteiger partial charge is 1.00 e. The molecule has 0 aliphatic heterocycles. The molecular formula is C24H18ClN. The Balaban J connectivity index is 0.00000168. The SMILES string of the molecule is [Cl-].c1ccc2c(c1)ccc1c(C[n+]3cccc4ccccc43)cccc12. The van der Waals surface area contributed by atoms with Gasteiger partial charge in [-0.2, -0.15) is 4.57 Å². The minimum absolute atomic E-state index is 0. The zero-order chi connectivity index (χ0) is 16.6. The van der Waals surface area contributed by atoms with E-state index in [9.17, 15) is 0 Å². The van der Waals surface area contributed by atoms with E-state index in [0.29, 0.717) is 0 Å². The summed E-state index contributed by atoms with van der Waals surface area (Å²) in [6.07, 6.45) is 2.17. The number of aromatic nitrogens is 1. The van der Waals surface area contributed by atoms with E-state index in [2.05, 4.69) is 102 Å². The lowest BCUT2D eigenvalue weighted by molar-refractivity contribution is -0.662. The van der Waals surface area contributed by atoms with Crippen LogP contribution in [0.4, 0.5) is 0 Å². The molecule has 0 amide bonds. The lowest BCUT2D eigenvalue weighted by Crippen LogP contribution is -3.00. The van der Waals surface area contributed by atoms with Crippen LogP contribution in [-0.2, 0) is 6.54 Å². The minimum atomic E-state index is 0. The van der Waals surface area contributed by atoms with Crippen LogP contribution >= 0.6 is 0 Å². The Morgan fingerprint density at radius 1 is 0.538 bits per heavy atom. The number of halogens is 1. The summed E-state index contributed by atoms with van der Waals surface area (Å²) in [4.78, 5) is 0. The van der Waals surface area contributed by atoms with Crippen molar-refractivity contribution < 1.29 is 17.0 Å². The molecule has 5 aromatic rings. The van der Waals surface area contributed by atoms with Crippen molar-refractivity contribution in [3.8, 4) is 0 Å². The number of pyridine rings is 1. The van der Waals surface area contributed by atoms with E-state index in [4.69, 9.17) is 0 Å². The van der Waals surface area contributed by atoms with Gasteiger partial charge in [-0.1, -0.05) is 66.7 Å². The highest BCUT2D eigenvalue weighted by Crippen LogP contribution is 2.27. The molecule has 0 unspecified atom stereocenters. The predicted molar refractivity (Wildman–Crippen MR) is 105 cm³/mol. The zero-order valence-electron chi connectivity index (χ0n) is 14.3. The number of nitrogens with zero attached hydrogens (tertiary/aromatic N) is 1. The van der Waals surface area contributed by atoms with Gasteiger partial charge in [-0.15, -0.1) is 0 Å². The molecule has 0 aliphatic rings. The molecule has 0 saturated heterocycles. The average Bonchev–Trinajstić information content (AvgIpc) is 2.68. The molecule has 5 rings (SSSR count). The molecule has 0 bridgehead atoms. The number of hydrogen-bond acceptors (Lipinski definition) is 0. The fraction of sp³-hybridized carbons (Fsp3) is 0.0417. The lowest BCUT2D eigenvalue weighted by atomic mass is 9.98. The number of hydrogen-bond donors (Lipinski definition) is 0. The van der Waals surface area contributed by atoms with Crippen molar-refractivity contribution in [2.75, 3.05) is 0 Å². The second kappa shape index (κ2) is 6.78. The summed E-state index contributed by atoms with van der Waals surface area (Å²) >= 11 is 0. The quantitative estimate of drug-likeness (QED) is 0.338. The van der Waals surface area contributed by atoms with Gasteiger partial charge in [0.1, 0.15) is 0 Å². The number of para-hydroxylation sites is 1. The summed E-state index contributed by atoms with van der Waals surface area (Å²) in [6, 6.07) is 32.6. The Kier molecular flexibility index (Phi) is 4.32. The van der Waals surface area contributed by atoms with E-state index >= 15 is 0 Å². The van der Waals surface area contributed by atoms with Crippen molar-refractivity contribution in [1.29, 1.82) is 0 Å². The molecule has 0 atom stereocenters. The van der Waals surface area contributed by atoms with E-state index < -0.39 is 0 Å². The molecule has 0 fully saturated rings. The first-order valence-corrected chi connectivity index (χ1v) is 8.67. The molecule has 0 spiro atoms. The van der Waals surface area contributed by atoms with Gasteiger partial charge >= 0.3 is 0 Å². The van der Waals surface area contributed by atoms with E-state index in [0.717, 1.165) is 6.54 Å². The molecule has 1 nitrogen and oxygen atoms in total. The van der Waals surface area contributed by atoms with E-state index in [1.54, 1.807) is 0 Å². The molecular weight excluding hydrogens is 338 g/mol. The smallest absolute Gasteiger partial charge is 0.212 e. The second-order valence-electron chi connectivity index (χ2n) is 6.49. The predicted octanol–water partition coefficient (Wildman–Crippen LogP) is 2.49. The van der Waals surface area contributed by atoms with Crippen LogP contribution in [0, 0.1) is 0 Å². The molecule has 0 radical (unpaired) electrons. The summed E-state index contributed by atoms with van der Waals surface area (Å²) in [5, 5.41) is 6.56. The molecule has 2 heteroatoms. The van der Waals surface area contributed by atoms with Crippen LogP contribution in [0.15, 0.2) is 97.2 Å². The zero-order valence-corrected chi connectivity index (χ0v) is 15.0. The van der Waals surface area contributed by atoms with Crippen molar-refractivity contribution in [3.05, 3.63) is 103 Å². The fourth-order valence-corrected chi connectivity index (χ4v) is 3.79. The maximum atomic E-state index is 2.33. The highest BCUT2D eigenvalue weighted by atomic mass is 35.5. The highest BCUT2D eigenvalue weighted by molar-refractivity contribution is 6.08. The van der Waals surface area contributed by atoms with Crippen molar-refractivity contribution >= 4 is 32.4 Å². The maximum Gasteiger partial charge on any atom is 0.212 e. The van der Waals surface area contributed by atoms with Crippen molar-refractivity contribution in [2.45, 2.75) is 6.54 Å². The van der Waals surface area contributed by atoms with Gasteiger partial charge in [0.15, 0.2) is 12.7 Å². The third-order valence-electron chi connectivity index (χ3n) is 5.01. The monoisotopic (exact) mass is 355 g/mol. The third-order valence-corrected chi connectivity index (χ3v) is 5.01. The molecule has 1 heterocycles. The Hall–Kier alpha value is -2.90. The van der Waals surface area contributed by atoms with Gasteiger partial charge in [0, 0.05) is 23.1 Å². The van der Waals surface area contributed by atoms with E-state index in [1.807, 2.05) is 0 Å². The van der Waals surface area contributed by atoms with Crippen LogP contribution in [0.1, 0.15) is 5.56 Å². The van der Waals surface area contributed by atoms with Crippen molar-refractivity contribution in [2.24, 2.45) is 0 Å². The average molecular weight is 356 g/mol. The van der Waals surface area contributed by atoms with Gasteiger partial charge in [-0.3, -0.25) is 0 Å². The van der Waals surface area contributed by atoms with Crippen LogP contribution in [0.5, 0.6) is 0 Å². The second-order valence-corrected chi connectivity index (χ2v) is 6.49. The Bertz CT molecular complexity index is 1220. The standard InChI is InChI=1S/C24H18N.ClH/c1-3-11-21-18(7-1)14-15-22-20(9-5-12-23(21)22)17-25-16-6-10-19-8-2-4-13-24(19)25;/h1-16H,17H2;1H/q+1;/p-1. The lowest BCUT2D eigenvalue weighted by Gasteiger charge is -2.08. The minimum Gasteiger partial charge on any atom is -1.00 e. The molecule has 4 aromatic carbocycles. The van der Waals surface area contributed by atoms with Gasteiger partial charge in [-0.25, -0.2) is 0 Å². The van der Waals surface area contributed by atoms with Crippen molar-refractivity contribution in [3.63, 3.8) is 0 Å². The molecule has 1 aromatic heterocycles. The highest BCUT2D eigenvalue weighted by Gasteiger charge is 2.11. The maximum absolute atomic E-state index is 2.33. The normalized spacial score (nSPS) is 10.9. The Labute approximate surface area is 158 Å². The summed E-state index contributed by atoms with van der Waals surface area (Å²) in [5.74, 6) is 0. The molecule has 26 heavy (non-hydrogen) atoms. The summed E-state index contributed by atoms with van der Waals surface area (Å²) in [6.45, 7) is 0.872. The van der Waals surface area contributed by atoms with Crippen LogP contribution < -0.4 is 17.0 Å². The molecule has 0 N–H and O–H groups in total. The van der Waals surface area contributed by atoms with Crippen molar-refractivity contribution in [1.82, 2.24) is 0 Å². The van der Waals surface area contributed by atoms with Gasteiger partial charge in [0.25, 0.3) is 0 Å². The molecule has 126 valence electrons. The first kappa shape index (κ1) is 16.6. The summed E-state index contributed by atoms with van der Waals surface area (Å²) < 4.78 is 2.33. The number of fused-ring (bicyclic) bond motifs is 4. The topological polar surface area (TPSA) is 3.88 Å². The number of benzene rings is 4. The molecule has 0 aliphatic carbocycles. The molecule has 0 saturated carbocycles. The van der Waals surface area contributed by atoms with Gasteiger partial charge < -0.3 is 12.4 Å². The van der Waals surface area contributed by atoms with Crippen LogP contribution in [-0.4, -0.2) is 0 Å². The Morgan fingerprint density at radius 2 is 1.27 bits per heavy atom. The summed E-state index contributed by atoms with van der Waals surface area (Å²) in [5.41, 5.74) is 2.62. The van der Waals surface area contributed by atoms with Gasteiger partial charge in [0.2, 0.25) is 5.52 Å². The Morgan fingerprint density at radius 3 is 2.19 bits per heavy atom. The first-order valence-electron chi connectivity index (χ1n) is 8.67. The van der Waals surface area contributed by atoms with Gasteiger partial charge in [-0.05, 0) is 33.7 Å².